The highest BCUT2D eigenvalue weighted by molar-refractivity contribution is 6.12. The molecule has 0 spiro atoms. The van der Waals surface area contributed by atoms with Crippen LogP contribution in [0.25, 0.3) is 0 Å². The summed E-state index contributed by atoms with van der Waals surface area (Å²) in [6, 6.07) is 5.55. The summed E-state index contributed by atoms with van der Waals surface area (Å²) < 4.78 is 0. The Kier molecular flexibility index (Phi) is 4.02. The number of aromatic nitrogens is 1. The Balaban J connectivity index is 0.00000128. The number of aliphatic imine (C=N–C) groups is 1. The minimum Gasteiger partial charge on any atom is -0.366 e. The minimum atomic E-state index is -0.487. The van der Waals surface area contributed by atoms with Crippen molar-refractivity contribution in [2.24, 2.45) is 10.7 Å². The van der Waals surface area contributed by atoms with Gasteiger partial charge in [0.05, 0.1) is 5.57 Å². The van der Waals surface area contributed by atoms with E-state index in [4.69, 9.17) is 5.73 Å². The Hall–Kier alpha value is -1.88. The molecule has 0 atom stereocenters. The molecule has 84 valence electrons. The largest absolute Gasteiger partial charge is 0.366 e. The lowest BCUT2D eigenvalue weighted by Gasteiger charge is -2.20. The molecule has 0 radical (unpaired) electrons. The topological polar surface area (TPSA) is 71.6 Å². The summed E-state index contributed by atoms with van der Waals surface area (Å²) in [5.74, 6) is 0.257. The van der Waals surface area contributed by atoms with Crippen LogP contribution in [0.1, 0.15) is 0 Å². The standard InChI is InChI=1S/C10H10N4O.ClH/c11-10(15)8-5-12-7-14(6-8)9-3-1-2-4-13-9;/h1-6H,7H2,(H2,11,15);1H. The van der Waals surface area contributed by atoms with Crippen LogP contribution in [0.5, 0.6) is 0 Å². The van der Waals surface area contributed by atoms with E-state index in [0.29, 0.717) is 12.2 Å². The Morgan fingerprint density at radius 2 is 2.25 bits per heavy atom. The van der Waals surface area contributed by atoms with Gasteiger partial charge in [0.25, 0.3) is 5.91 Å². The molecule has 0 aromatic carbocycles. The Morgan fingerprint density at radius 1 is 1.44 bits per heavy atom. The van der Waals surface area contributed by atoms with Crippen molar-refractivity contribution >= 4 is 30.3 Å². The van der Waals surface area contributed by atoms with E-state index in [9.17, 15) is 4.79 Å². The number of hydrogen-bond acceptors (Lipinski definition) is 4. The summed E-state index contributed by atoms with van der Waals surface area (Å²) in [5, 5.41) is 0. The molecular formula is C10H11ClN4O. The highest BCUT2D eigenvalue weighted by atomic mass is 35.5. The number of halogens is 1. The van der Waals surface area contributed by atoms with Gasteiger partial charge in [-0.2, -0.15) is 0 Å². The summed E-state index contributed by atoms with van der Waals surface area (Å²) in [7, 11) is 0. The summed E-state index contributed by atoms with van der Waals surface area (Å²) in [6.07, 6.45) is 4.81. The van der Waals surface area contributed by atoms with E-state index in [1.54, 1.807) is 17.3 Å². The number of pyridine rings is 1. The lowest BCUT2D eigenvalue weighted by molar-refractivity contribution is -0.114. The van der Waals surface area contributed by atoms with Crippen LogP contribution in [-0.4, -0.2) is 23.8 Å². The number of amides is 1. The van der Waals surface area contributed by atoms with Gasteiger partial charge >= 0.3 is 0 Å². The average Bonchev–Trinajstić information content (AvgIpc) is 2.30. The summed E-state index contributed by atoms with van der Waals surface area (Å²) in [6.45, 7) is 0.452. The van der Waals surface area contributed by atoms with Crippen molar-refractivity contribution in [3.63, 3.8) is 0 Å². The molecule has 0 aliphatic carbocycles. The molecule has 1 aliphatic heterocycles. The summed E-state index contributed by atoms with van der Waals surface area (Å²) in [4.78, 5) is 20.9. The fourth-order valence-corrected chi connectivity index (χ4v) is 1.26. The number of hydrogen-bond donors (Lipinski definition) is 1. The van der Waals surface area contributed by atoms with E-state index in [2.05, 4.69) is 9.98 Å². The number of carbonyl (C=O) groups excluding carboxylic acids is 1. The van der Waals surface area contributed by atoms with Gasteiger partial charge in [0.2, 0.25) is 0 Å². The van der Waals surface area contributed by atoms with Gasteiger partial charge in [-0.1, -0.05) is 6.07 Å². The average molecular weight is 239 g/mol. The van der Waals surface area contributed by atoms with Crippen molar-refractivity contribution in [3.05, 3.63) is 36.2 Å². The molecule has 0 fully saturated rings. The molecular weight excluding hydrogens is 228 g/mol. The molecule has 1 amide bonds. The number of nitrogens with two attached hydrogens (primary N) is 1. The van der Waals surface area contributed by atoms with Crippen LogP contribution in [0.2, 0.25) is 0 Å². The van der Waals surface area contributed by atoms with Crippen LogP contribution < -0.4 is 10.6 Å². The van der Waals surface area contributed by atoms with Crippen molar-refractivity contribution in [2.75, 3.05) is 11.6 Å². The van der Waals surface area contributed by atoms with Crippen LogP contribution in [0, 0.1) is 0 Å². The predicted octanol–water partition coefficient (Wildman–Crippen LogP) is 0.721. The second-order valence-electron chi connectivity index (χ2n) is 3.06. The lowest BCUT2D eigenvalue weighted by Crippen LogP contribution is -2.26. The summed E-state index contributed by atoms with van der Waals surface area (Å²) in [5.41, 5.74) is 5.54. The Morgan fingerprint density at radius 3 is 2.88 bits per heavy atom. The monoisotopic (exact) mass is 238 g/mol. The van der Waals surface area contributed by atoms with Gasteiger partial charge in [0, 0.05) is 18.6 Å². The molecule has 1 aliphatic rings. The highest BCUT2D eigenvalue weighted by Gasteiger charge is 2.11. The lowest BCUT2D eigenvalue weighted by atomic mass is 10.2. The molecule has 2 heterocycles. The first kappa shape index (κ1) is 12.2. The van der Waals surface area contributed by atoms with Gasteiger partial charge < -0.3 is 10.6 Å². The molecule has 6 heteroatoms. The third-order valence-electron chi connectivity index (χ3n) is 1.99. The maximum Gasteiger partial charge on any atom is 0.251 e. The molecule has 1 aromatic heterocycles. The first-order chi connectivity index (χ1) is 7.27. The van der Waals surface area contributed by atoms with Gasteiger partial charge in [0.1, 0.15) is 12.5 Å². The van der Waals surface area contributed by atoms with Crippen LogP contribution in [0.4, 0.5) is 5.82 Å². The third-order valence-corrected chi connectivity index (χ3v) is 1.99. The number of rotatable bonds is 2. The Labute approximate surface area is 99.1 Å². The van der Waals surface area contributed by atoms with E-state index in [1.165, 1.54) is 6.21 Å². The van der Waals surface area contributed by atoms with E-state index in [1.807, 2.05) is 18.2 Å². The minimum absolute atomic E-state index is 0. The maximum atomic E-state index is 10.9. The summed E-state index contributed by atoms with van der Waals surface area (Å²) >= 11 is 0. The molecule has 0 bridgehead atoms. The van der Waals surface area contributed by atoms with Crippen molar-refractivity contribution < 1.29 is 4.79 Å². The first-order valence-corrected chi connectivity index (χ1v) is 4.46. The van der Waals surface area contributed by atoms with E-state index in [0.717, 1.165) is 5.82 Å². The zero-order valence-electron chi connectivity index (χ0n) is 8.41. The van der Waals surface area contributed by atoms with Crippen molar-refractivity contribution in [1.29, 1.82) is 0 Å². The molecule has 0 saturated carbocycles. The fraction of sp³-hybridized carbons (Fsp3) is 0.100. The molecule has 0 unspecified atom stereocenters. The van der Waals surface area contributed by atoms with Crippen molar-refractivity contribution in [2.45, 2.75) is 0 Å². The van der Waals surface area contributed by atoms with Crippen molar-refractivity contribution in [1.82, 2.24) is 4.98 Å². The fourth-order valence-electron chi connectivity index (χ4n) is 1.26. The quantitative estimate of drug-likeness (QED) is 0.825. The van der Waals surface area contributed by atoms with Crippen LogP contribution in [-0.2, 0) is 4.79 Å². The zero-order valence-corrected chi connectivity index (χ0v) is 9.22. The smallest absolute Gasteiger partial charge is 0.251 e. The van der Waals surface area contributed by atoms with E-state index in [-0.39, 0.29) is 12.4 Å². The molecule has 0 saturated heterocycles. The Bertz CT molecular complexity index is 430. The van der Waals surface area contributed by atoms with Crippen molar-refractivity contribution in [3.8, 4) is 0 Å². The second kappa shape index (κ2) is 5.27. The first-order valence-electron chi connectivity index (χ1n) is 4.46. The normalized spacial score (nSPS) is 14.0. The molecule has 5 nitrogen and oxygen atoms in total. The molecule has 2 N–H and O–H groups in total. The molecule has 2 rings (SSSR count). The second-order valence-corrected chi connectivity index (χ2v) is 3.06. The van der Waals surface area contributed by atoms with Crippen LogP contribution >= 0.6 is 12.4 Å². The number of anilines is 1. The van der Waals surface area contributed by atoms with Gasteiger partial charge in [-0.25, -0.2) is 4.98 Å². The van der Waals surface area contributed by atoms with Gasteiger partial charge in [-0.3, -0.25) is 9.79 Å². The molecule has 1 aromatic rings. The zero-order chi connectivity index (χ0) is 10.7. The van der Waals surface area contributed by atoms with Crippen LogP contribution in [0.15, 0.2) is 41.2 Å². The predicted molar refractivity (Wildman–Crippen MR) is 64.6 cm³/mol. The van der Waals surface area contributed by atoms with E-state index < -0.39 is 5.91 Å². The highest BCUT2D eigenvalue weighted by Crippen LogP contribution is 2.13. The van der Waals surface area contributed by atoms with Crippen LogP contribution in [0.3, 0.4) is 0 Å². The third kappa shape index (κ3) is 2.58. The van der Waals surface area contributed by atoms with E-state index >= 15 is 0 Å². The van der Waals surface area contributed by atoms with Gasteiger partial charge in [0.15, 0.2) is 0 Å². The van der Waals surface area contributed by atoms with Gasteiger partial charge in [-0.15, -0.1) is 12.4 Å². The number of nitrogens with zero attached hydrogens (tertiary/aromatic N) is 3. The molecule has 16 heavy (non-hydrogen) atoms. The SMILES string of the molecule is Cl.NC(=O)C1=CN(c2ccccn2)CN=C1. The maximum absolute atomic E-state index is 10.9. The number of carbonyl (C=O) groups is 1. The number of primary amides is 1. The van der Waals surface area contributed by atoms with Gasteiger partial charge in [-0.05, 0) is 12.1 Å².